The molecule has 2 atom stereocenters. The number of rotatable bonds is 5. The van der Waals surface area contributed by atoms with Gasteiger partial charge in [-0.2, -0.15) is 0 Å². The lowest BCUT2D eigenvalue weighted by Gasteiger charge is -2.26. The quantitative estimate of drug-likeness (QED) is 0.731. The molecule has 2 N–H and O–H groups in total. The number of hydrogen-bond acceptors (Lipinski definition) is 5. The van der Waals surface area contributed by atoms with E-state index in [1.54, 1.807) is 4.90 Å². The van der Waals surface area contributed by atoms with Crippen molar-refractivity contribution < 1.29 is 24.6 Å². The summed E-state index contributed by atoms with van der Waals surface area (Å²) in [7, 11) is 0. The monoisotopic (exact) mass is 270 g/mol. The van der Waals surface area contributed by atoms with Crippen LogP contribution in [-0.2, 0) is 14.4 Å². The molecule has 0 radical (unpaired) electrons. The van der Waals surface area contributed by atoms with E-state index in [-0.39, 0.29) is 30.7 Å². The smallest absolute Gasteiger partial charge is 0.353 e. The number of aliphatic hydroxyl groups is 1. The Kier molecular flexibility index (Phi) is 4.36. The summed E-state index contributed by atoms with van der Waals surface area (Å²) in [6.45, 7) is 0.780. The molecule has 0 aromatic carbocycles. The normalized spacial score (nSPS) is 26.2. The van der Waals surface area contributed by atoms with Gasteiger partial charge in [-0.3, -0.25) is 4.79 Å². The van der Waals surface area contributed by atoms with E-state index in [0.717, 1.165) is 19.3 Å². The zero-order valence-electron chi connectivity index (χ0n) is 10.6. The Bertz CT molecular complexity index is 396. The summed E-state index contributed by atoms with van der Waals surface area (Å²) in [6.07, 6.45) is 2.50. The first kappa shape index (κ1) is 13.8. The molecule has 2 unspecified atom stereocenters. The third-order valence-corrected chi connectivity index (χ3v) is 3.55. The Hall–Kier alpha value is -1.63. The van der Waals surface area contributed by atoms with Crippen LogP contribution in [0.5, 0.6) is 0 Å². The third kappa shape index (κ3) is 3.04. The van der Waals surface area contributed by atoms with Crippen molar-refractivity contribution in [2.24, 2.45) is 5.16 Å². The minimum Gasteiger partial charge on any atom is -0.477 e. The van der Waals surface area contributed by atoms with E-state index < -0.39 is 12.1 Å². The molecule has 106 valence electrons. The Morgan fingerprint density at radius 1 is 1.47 bits per heavy atom. The molecule has 0 aromatic rings. The fourth-order valence-electron chi connectivity index (χ4n) is 2.57. The fraction of sp³-hybridized carbons (Fsp3) is 0.750. The van der Waals surface area contributed by atoms with Crippen LogP contribution in [0, 0.1) is 0 Å². The average molecular weight is 270 g/mol. The van der Waals surface area contributed by atoms with Crippen molar-refractivity contribution in [2.75, 3.05) is 13.2 Å². The first-order chi connectivity index (χ1) is 9.13. The van der Waals surface area contributed by atoms with Gasteiger partial charge in [-0.1, -0.05) is 5.16 Å². The number of amides is 1. The highest BCUT2D eigenvalue weighted by Gasteiger charge is 2.38. The SMILES string of the molecule is O=C(O)C1=NOC(C(=O)N2CCCC2CCCO)C1. The molecule has 0 spiro atoms. The van der Waals surface area contributed by atoms with Gasteiger partial charge in [0.15, 0.2) is 5.71 Å². The Morgan fingerprint density at radius 2 is 2.26 bits per heavy atom. The molecular weight excluding hydrogens is 252 g/mol. The van der Waals surface area contributed by atoms with Crippen molar-refractivity contribution in [3.63, 3.8) is 0 Å². The maximum absolute atomic E-state index is 12.3. The second-order valence-electron chi connectivity index (χ2n) is 4.83. The Labute approximate surface area is 110 Å². The lowest BCUT2D eigenvalue weighted by atomic mass is 10.1. The van der Waals surface area contributed by atoms with Crippen molar-refractivity contribution in [3.05, 3.63) is 0 Å². The molecule has 1 amide bonds. The largest absolute Gasteiger partial charge is 0.477 e. The first-order valence-electron chi connectivity index (χ1n) is 6.50. The van der Waals surface area contributed by atoms with Crippen LogP contribution in [0.3, 0.4) is 0 Å². The standard InChI is InChI=1S/C12H18N2O5/c15-6-2-4-8-3-1-5-14(8)11(16)10-7-9(12(17)18)13-19-10/h8,10,15H,1-7H2,(H,17,18). The molecule has 0 saturated carbocycles. The van der Waals surface area contributed by atoms with E-state index in [4.69, 9.17) is 15.1 Å². The minimum absolute atomic E-state index is 0.0252. The van der Waals surface area contributed by atoms with Crippen molar-refractivity contribution in [2.45, 2.75) is 44.2 Å². The van der Waals surface area contributed by atoms with Crippen LogP contribution in [0.4, 0.5) is 0 Å². The summed E-state index contributed by atoms with van der Waals surface area (Å²) < 4.78 is 0. The summed E-state index contributed by atoms with van der Waals surface area (Å²) in [5.41, 5.74) is -0.107. The molecule has 7 heteroatoms. The number of nitrogens with zero attached hydrogens (tertiary/aromatic N) is 2. The topological polar surface area (TPSA) is 99.4 Å². The minimum atomic E-state index is -1.14. The van der Waals surface area contributed by atoms with Crippen LogP contribution in [0.15, 0.2) is 5.16 Å². The van der Waals surface area contributed by atoms with E-state index in [1.807, 2.05) is 0 Å². The highest BCUT2D eigenvalue weighted by atomic mass is 16.6. The van der Waals surface area contributed by atoms with Crippen molar-refractivity contribution in [1.29, 1.82) is 0 Å². The lowest BCUT2D eigenvalue weighted by Crippen LogP contribution is -2.42. The number of carboxylic acids is 1. The lowest BCUT2D eigenvalue weighted by molar-refractivity contribution is -0.143. The number of aliphatic carboxylic acids is 1. The zero-order valence-corrected chi connectivity index (χ0v) is 10.6. The number of aliphatic hydroxyl groups excluding tert-OH is 1. The molecule has 2 rings (SSSR count). The Morgan fingerprint density at radius 3 is 2.89 bits per heavy atom. The van der Waals surface area contributed by atoms with Gasteiger partial charge >= 0.3 is 5.97 Å². The van der Waals surface area contributed by atoms with Crippen LogP contribution in [-0.4, -0.2) is 58.0 Å². The number of carbonyl (C=O) groups is 2. The average Bonchev–Trinajstić information content (AvgIpc) is 3.04. The van der Waals surface area contributed by atoms with E-state index in [0.29, 0.717) is 13.0 Å². The first-order valence-corrected chi connectivity index (χ1v) is 6.50. The van der Waals surface area contributed by atoms with E-state index in [2.05, 4.69) is 5.16 Å². The molecule has 2 heterocycles. The van der Waals surface area contributed by atoms with Gasteiger partial charge < -0.3 is 20.0 Å². The molecule has 0 aromatic heterocycles. The second kappa shape index (κ2) is 6.01. The number of carboxylic acid groups (broad SMARTS) is 1. The summed E-state index contributed by atoms with van der Waals surface area (Å²) in [4.78, 5) is 29.7. The van der Waals surface area contributed by atoms with Gasteiger partial charge in [0.2, 0.25) is 6.10 Å². The van der Waals surface area contributed by atoms with E-state index in [1.165, 1.54) is 0 Å². The highest BCUT2D eigenvalue weighted by molar-refractivity contribution is 6.36. The zero-order chi connectivity index (χ0) is 13.8. The molecule has 19 heavy (non-hydrogen) atoms. The molecule has 1 fully saturated rings. The number of oxime groups is 1. The van der Waals surface area contributed by atoms with Gasteiger partial charge in [0.25, 0.3) is 5.91 Å². The van der Waals surface area contributed by atoms with Crippen molar-refractivity contribution in [1.82, 2.24) is 4.90 Å². The third-order valence-electron chi connectivity index (χ3n) is 3.55. The highest BCUT2D eigenvalue weighted by Crippen LogP contribution is 2.24. The van der Waals surface area contributed by atoms with Gasteiger partial charge in [0.05, 0.1) is 0 Å². The summed E-state index contributed by atoms with van der Waals surface area (Å²) in [5.74, 6) is -1.34. The number of carbonyl (C=O) groups excluding carboxylic acids is 1. The summed E-state index contributed by atoms with van der Waals surface area (Å²) >= 11 is 0. The predicted octanol–water partition coefficient (Wildman–Crippen LogP) is -0.0206. The maximum atomic E-state index is 12.3. The van der Waals surface area contributed by atoms with Crippen LogP contribution >= 0.6 is 0 Å². The molecular formula is C12H18N2O5. The van der Waals surface area contributed by atoms with Crippen LogP contribution in [0.2, 0.25) is 0 Å². The summed E-state index contributed by atoms with van der Waals surface area (Å²) in [6, 6.07) is 0.122. The van der Waals surface area contributed by atoms with E-state index >= 15 is 0 Å². The van der Waals surface area contributed by atoms with E-state index in [9.17, 15) is 9.59 Å². The second-order valence-corrected chi connectivity index (χ2v) is 4.83. The molecule has 0 aliphatic carbocycles. The van der Waals surface area contributed by atoms with Gasteiger partial charge in [0, 0.05) is 25.6 Å². The number of hydrogen-bond donors (Lipinski definition) is 2. The number of likely N-dealkylation sites (tertiary alicyclic amines) is 1. The van der Waals surface area contributed by atoms with Crippen molar-refractivity contribution >= 4 is 17.6 Å². The molecule has 2 aliphatic rings. The van der Waals surface area contributed by atoms with Gasteiger partial charge in [0.1, 0.15) is 0 Å². The predicted molar refractivity (Wildman–Crippen MR) is 65.6 cm³/mol. The van der Waals surface area contributed by atoms with Gasteiger partial charge in [-0.05, 0) is 25.7 Å². The maximum Gasteiger partial charge on any atom is 0.353 e. The molecule has 1 saturated heterocycles. The van der Waals surface area contributed by atoms with Gasteiger partial charge in [-0.15, -0.1) is 0 Å². The van der Waals surface area contributed by atoms with Gasteiger partial charge in [-0.25, -0.2) is 4.79 Å². The van der Waals surface area contributed by atoms with Crippen LogP contribution < -0.4 is 0 Å². The Balaban J connectivity index is 1.91. The van der Waals surface area contributed by atoms with Crippen molar-refractivity contribution in [3.8, 4) is 0 Å². The van der Waals surface area contributed by atoms with Crippen LogP contribution in [0.1, 0.15) is 32.1 Å². The molecule has 2 aliphatic heterocycles. The molecule has 7 nitrogen and oxygen atoms in total. The van der Waals surface area contributed by atoms with Crippen LogP contribution in [0.25, 0.3) is 0 Å². The summed E-state index contributed by atoms with van der Waals surface area (Å²) in [5, 5.41) is 21.1. The fourth-order valence-corrected chi connectivity index (χ4v) is 2.57. The molecule has 0 bridgehead atoms.